The van der Waals surface area contributed by atoms with Crippen LogP contribution in [0, 0.1) is 11.3 Å². The number of rotatable bonds is 4. The summed E-state index contributed by atoms with van der Waals surface area (Å²) in [6, 6.07) is 0.0514. The van der Waals surface area contributed by atoms with Crippen molar-refractivity contribution in [1.29, 1.82) is 0 Å². The normalized spacial score (nSPS) is 29.9. The molecule has 0 aromatic heterocycles. The quantitative estimate of drug-likeness (QED) is 0.739. The zero-order chi connectivity index (χ0) is 13.3. The molecule has 18 heavy (non-hydrogen) atoms. The molecule has 0 aromatic rings. The lowest BCUT2D eigenvalue weighted by molar-refractivity contribution is -0.149. The number of carbonyl (C=O) groups excluding carboxylic acids is 1. The van der Waals surface area contributed by atoms with E-state index in [2.05, 4.69) is 19.2 Å². The third-order valence-corrected chi connectivity index (χ3v) is 3.99. The molecule has 2 fully saturated rings. The SMILES string of the molecule is CC(C)C1CC(NC(=O)C2(C(=O)O)CC2)CCO1. The minimum atomic E-state index is -1.13. The summed E-state index contributed by atoms with van der Waals surface area (Å²) in [6.45, 7) is 4.82. The fourth-order valence-electron chi connectivity index (χ4n) is 2.41. The maximum atomic E-state index is 12.0. The number of carboxylic acids is 1. The molecule has 0 aromatic carbocycles. The molecule has 1 aliphatic heterocycles. The minimum absolute atomic E-state index is 0.0514. The lowest BCUT2D eigenvalue weighted by atomic mass is 9.94. The second-order valence-electron chi connectivity index (χ2n) is 5.74. The van der Waals surface area contributed by atoms with E-state index in [9.17, 15) is 9.59 Å². The maximum Gasteiger partial charge on any atom is 0.319 e. The summed E-state index contributed by atoms with van der Waals surface area (Å²) in [5.74, 6) is -0.893. The van der Waals surface area contributed by atoms with Gasteiger partial charge < -0.3 is 15.2 Å². The molecule has 0 bridgehead atoms. The van der Waals surface area contributed by atoms with Gasteiger partial charge in [0.1, 0.15) is 5.41 Å². The molecule has 1 aliphatic carbocycles. The topological polar surface area (TPSA) is 75.6 Å². The Morgan fingerprint density at radius 2 is 2.06 bits per heavy atom. The minimum Gasteiger partial charge on any atom is -0.480 e. The van der Waals surface area contributed by atoms with Gasteiger partial charge in [-0.15, -0.1) is 0 Å². The first-order valence-electron chi connectivity index (χ1n) is 6.61. The summed E-state index contributed by atoms with van der Waals surface area (Å²) >= 11 is 0. The van der Waals surface area contributed by atoms with E-state index in [1.54, 1.807) is 0 Å². The molecule has 1 saturated heterocycles. The number of carbonyl (C=O) groups is 2. The van der Waals surface area contributed by atoms with E-state index in [1.165, 1.54) is 0 Å². The van der Waals surface area contributed by atoms with Crippen LogP contribution in [0.15, 0.2) is 0 Å². The van der Waals surface area contributed by atoms with Crippen LogP contribution in [0.3, 0.4) is 0 Å². The van der Waals surface area contributed by atoms with Crippen LogP contribution in [0.5, 0.6) is 0 Å². The van der Waals surface area contributed by atoms with Gasteiger partial charge in [-0.2, -0.15) is 0 Å². The molecule has 5 heteroatoms. The molecule has 2 atom stereocenters. The highest BCUT2D eigenvalue weighted by atomic mass is 16.5. The average Bonchev–Trinajstić information content (AvgIpc) is 3.10. The molecule has 2 unspecified atom stereocenters. The van der Waals surface area contributed by atoms with E-state index < -0.39 is 11.4 Å². The third-order valence-electron chi connectivity index (χ3n) is 3.99. The smallest absolute Gasteiger partial charge is 0.319 e. The van der Waals surface area contributed by atoms with Crippen LogP contribution in [0.2, 0.25) is 0 Å². The maximum absolute atomic E-state index is 12.0. The number of aliphatic carboxylic acids is 1. The Bertz CT molecular complexity index is 349. The molecule has 1 heterocycles. The van der Waals surface area contributed by atoms with Crippen molar-refractivity contribution in [2.75, 3.05) is 6.61 Å². The third kappa shape index (κ3) is 2.51. The summed E-state index contributed by atoms with van der Waals surface area (Å²) < 4.78 is 5.63. The predicted octanol–water partition coefficient (Wildman–Crippen LogP) is 1.17. The summed E-state index contributed by atoms with van der Waals surface area (Å²) in [4.78, 5) is 23.0. The van der Waals surface area contributed by atoms with E-state index in [0.29, 0.717) is 25.4 Å². The number of ether oxygens (including phenoxy) is 1. The first-order valence-corrected chi connectivity index (χ1v) is 6.61. The summed E-state index contributed by atoms with van der Waals surface area (Å²) in [5, 5.41) is 11.9. The number of nitrogens with one attached hydrogen (secondary N) is 1. The Hall–Kier alpha value is -1.10. The van der Waals surface area contributed by atoms with Crippen LogP contribution in [-0.2, 0) is 14.3 Å². The summed E-state index contributed by atoms with van der Waals surface area (Å²) in [7, 11) is 0. The molecule has 102 valence electrons. The van der Waals surface area contributed by atoms with Crippen LogP contribution < -0.4 is 5.32 Å². The van der Waals surface area contributed by atoms with Crippen LogP contribution in [-0.4, -0.2) is 35.7 Å². The van der Waals surface area contributed by atoms with Crippen LogP contribution in [0.25, 0.3) is 0 Å². The van der Waals surface area contributed by atoms with Crippen molar-refractivity contribution in [2.45, 2.75) is 51.7 Å². The van der Waals surface area contributed by atoms with Gasteiger partial charge in [0, 0.05) is 12.6 Å². The van der Waals surface area contributed by atoms with Gasteiger partial charge in [0.25, 0.3) is 0 Å². The monoisotopic (exact) mass is 255 g/mol. The van der Waals surface area contributed by atoms with Crippen molar-refractivity contribution in [3.8, 4) is 0 Å². The first-order chi connectivity index (χ1) is 8.45. The van der Waals surface area contributed by atoms with Gasteiger partial charge in [-0.05, 0) is 31.6 Å². The van der Waals surface area contributed by atoms with Gasteiger partial charge in [-0.1, -0.05) is 13.8 Å². The molecule has 1 amide bonds. The van der Waals surface area contributed by atoms with E-state index in [0.717, 1.165) is 12.8 Å². The number of amides is 1. The second kappa shape index (κ2) is 4.88. The van der Waals surface area contributed by atoms with Gasteiger partial charge in [0.15, 0.2) is 0 Å². The number of hydrogen-bond acceptors (Lipinski definition) is 3. The van der Waals surface area contributed by atoms with Crippen molar-refractivity contribution < 1.29 is 19.4 Å². The standard InChI is InChI=1S/C13H21NO4/c1-8(2)10-7-9(3-6-18-10)14-11(15)13(4-5-13)12(16)17/h8-10H,3-7H2,1-2H3,(H,14,15)(H,16,17). The van der Waals surface area contributed by atoms with Crippen LogP contribution >= 0.6 is 0 Å². The summed E-state index contributed by atoms with van der Waals surface area (Å²) in [5.41, 5.74) is -1.13. The second-order valence-corrected chi connectivity index (χ2v) is 5.74. The van der Waals surface area contributed by atoms with Crippen molar-refractivity contribution in [3.05, 3.63) is 0 Å². The van der Waals surface area contributed by atoms with E-state index >= 15 is 0 Å². The highest BCUT2D eigenvalue weighted by Gasteiger charge is 2.57. The molecular weight excluding hydrogens is 234 g/mol. The van der Waals surface area contributed by atoms with Gasteiger partial charge in [0.2, 0.25) is 5.91 Å². The zero-order valence-corrected chi connectivity index (χ0v) is 10.9. The first kappa shape index (κ1) is 13.3. The van der Waals surface area contributed by atoms with Gasteiger partial charge in [-0.3, -0.25) is 9.59 Å². The summed E-state index contributed by atoms with van der Waals surface area (Å²) in [6.07, 6.45) is 2.63. The van der Waals surface area contributed by atoms with Gasteiger partial charge in [0.05, 0.1) is 6.10 Å². The van der Waals surface area contributed by atoms with Crippen LogP contribution in [0.1, 0.15) is 39.5 Å². The Labute approximate surface area is 107 Å². The molecule has 5 nitrogen and oxygen atoms in total. The predicted molar refractivity (Wildman–Crippen MR) is 65.0 cm³/mol. The zero-order valence-electron chi connectivity index (χ0n) is 10.9. The molecule has 0 radical (unpaired) electrons. The fourth-order valence-corrected chi connectivity index (χ4v) is 2.41. The largest absolute Gasteiger partial charge is 0.480 e. The Morgan fingerprint density at radius 3 is 2.56 bits per heavy atom. The van der Waals surface area contributed by atoms with E-state index in [4.69, 9.17) is 9.84 Å². The Morgan fingerprint density at radius 1 is 1.39 bits per heavy atom. The van der Waals surface area contributed by atoms with Crippen molar-refractivity contribution >= 4 is 11.9 Å². The lowest BCUT2D eigenvalue weighted by Crippen LogP contribution is -2.47. The fraction of sp³-hybridized carbons (Fsp3) is 0.846. The van der Waals surface area contributed by atoms with Crippen LogP contribution in [0.4, 0.5) is 0 Å². The van der Waals surface area contributed by atoms with Gasteiger partial charge >= 0.3 is 5.97 Å². The Kier molecular flexibility index (Phi) is 3.61. The highest BCUT2D eigenvalue weighted by Crippen LogP contribution is 2.46. The van der Waals surface area contributed by atoms with E-state index in [-0.39, 0.29) is 18.1 Å². The van der Waals surface area contributed by atoms with Gasteiger partial charge in [-0.25, -0.2) is 0 Å². The number of carboxylic acid groups (broad SMARTS) is 1. The van der Waals surface area contributed by atoms with Crippen molar-refractivity contribution in [1.82, 2.24) is 5.32 Å². The van der Waals surface area contributed by atoms with Crippen molar-refractivity contribution in [2.24, 2.45) is 11.3 Å². The van der Waals surface area contributed by atoms with Crippen molar-refractivity contribution in [3.63, 3.8) is 0 Å². The molecule has 0 spiro atoms. The molecule has 2 rings (SSSR count). The number of hydrogen-bond donors (Lipinski definition) is 2. The molecule has 1 saturated carbocycles. The average molecular weight is 255 g/mol. The Balaban J connectivity index is 1.90. The molecule has 2 N–H and O–H groups in total. The molecular formula is C13H21NO4. The molecule has 2 aliphatic rings. The highest BCUT2D eigenvalue weighted by molar-refractivity contribution is 6.04. The van der Waals surface area contributed by atoms with E-state index in [1.807, 2.05) is 0 Å². The lowest BCUT2D eigenvalue weighted by Gasteiger charge is -2.32.